The first kappa shape index (κ1) is 22.8. The first-order chi connectivity index (χ1) is 17.6. The summed E-state index contributed by atoms with van der Waals surface area (Å²) in [5, 5.41) is 5.95. The number of ether oxygens (including phenoxy) is 1. The molecule has 1 fully saturated rings. The quantitative estimate of drug-likeness (QED) is 0.320. The van der Waals surface area contributed by atoms with Crippen LogP contribution in [0.1, 0.15) is 0 Å². The number of anilines is 1. The van der Waals surface area contributed by atoms with Crippen molar-refractivity contribution in [3.63, 3.8) is 0 Å². The third-order valence-corrected chi connectivity index (χ3v) is 6.82. The van der Waals surface area contributed by atoms with Crippen LogP contribution >= 0.6 is 23.2 Å². The topological polar surface area (TPSA) is 65.2 Å². The zero-order chi connectivity index (χ0) is 24.6. The normalized spacial score (nSPS) is 13.9. The summed E-state index contributed by atoms with van der Waals surface area (Å²) in [4.78, 5) is 21.0. The maximum atomic E-state index is 13.8. The van der Waals surface area contributed by atoms with Crippen LogP contribution in [0.2, 0.25) is 10.0 Å². The third kappa shape index (κ3) is 4.05. The highest BCUT2D eigenvalue weighted by atomic mass is 35.5. The molecule has 0 spiro atoms. The van der Waals surface area contributed by atoms with Crippen LogP contribution in [0.3, 0.4) is 0 Å². The largest absolute Gasteiger partial charge is 0.378 e. The van der Waals surface area contributed by atoms with Crippen LogP contribution in [0, 0.1) is 0 Å². The number of fused-ring (bicyclic) bond motifs is 1. The molecular formula is C27H21Cl2N5O2. The Labute approximate surface area is 217 Å². The van der Waals surface area contributed by atoms with Crippen LogP contribution in [0.15, 0.2) is 83.8 Å². The third-order valence-electron chi connectivity index (χ3n) is 6.26. The van der Waals surface area contributed by atoms with Crippen molar-refractivity contribution in [3.05, 3.63) is 99.4 Å². The molecular weight excluding hydrogens is 497 g/mol. The first-order valence-electron chi connectivity index (χ1n) is 11.5. The molecule has 36 heavy (non-hydrogen) atoms. The van der Waals surface area contributed by atoms with E-state index in [0.717, 1.165) is 24.5 Å². The Morgan fingerprint density at radius 1 is 0.833 bits per heavy atom. The van der Waals surface area contributed by atoms with Gasteiger partial charge in [-0.2, -0.15) is 5.10 Å². The van der Waals surface area contributed by atoms with Crippen molar-refractivity contribution < 1.29 is 4.74 Å². The molecule has 0 N–H and O–H groups in total. The van der Waals surface area contributed by atoms with Gasteiger partial charge in [0.05, 0.1) is 35.8 Å². The van der Waals surface area contributed by atoms with E-state index in [1.54, 1.807) is 39.7 Å². The molecule has 180 valence electrons. The van der Waals surface area contributed by atoms with Gasteiger partial charge in [0, 0.05) is 29.4 Å². The highest BCUT2D eigenvalue weighted by Crippen LogP contribution is 2.33. The highest BCUT2D eigenvalue weighted by Gasteiger charge is 2.21. The second kappa shape index (κ2) is 9.43. The van der Waals surface area contributed by atoms with Gasteiger partial charge in [-0.3, -0.25) is 9.36 Å². The summed E-state index contributed by atoms with van der Waals surface area (Å²) >= 11 is 13.0. The minimum absolute atomic E-state index is 0.243. The standard InChI is InChI=1S/C27H21Cl2N5O2/c28-18-6-8-19(9-7-18)33-25(22-11-10-21(16-24(22)29)32-12-14-36-15-13-32)31-26-23(27(33)35)17-30-34(26)20-4-2-1-3-5-20/h1-11,16-17H,12-15H2. The van der Waals surface area contributed by atoms with Gasteiger partial charge < -0.3 is 9.64 Å². The van der Waals surface area contributed by atoms with E-state index in [0.29, 0.717) is 51.4 Å². The van der Waals surface area contributed by atoms with E-state index in [4.69, 9.17) is 32.9 Å². The molecule has 6 rings (SSSR count). The molecule has 3 heterocycles. The van der Waals surface area contributed by atoms with Gasteiger partial charge in [0.15, 0.2) is 11.5 Å². The zero-order valence-corrected chi connectivity index (χ0v) is 20.7. The fourth-order valence-corrected chi connectivity index (χ4v) is 4.82. The van der Waals surface area contributed by atoms with E-state index >= 15 is 0 Å². The number of para-hydroxylation sites is 1. The van der Waals surface area contributed by atoms with Gasteiger partial charge in [-0.05, 0) is 54.6 Å². The number of rotatable bonds is 4. The van der Waals surface area contributed by atoms with E-state index in [1.165, 1.54) is 0 Å². The molecule has 0 unspecified atom stereocenters. The van der Waals surface area contributed by atoms with Gasteiger partial charge >= 0.3 is 0 Å². The lowest BCUT2D eigenvalue weighted by molar-refractivity contribution is 0.122. The smallest absolute Gasteiger partial charge is 0.269 e. The van der Waals surface area contributed by atoms with Crippen LogP contribution < -0.4 is 10.5 Å². The molecule has 1 aliphatic rings. The maximum Gasteiger partial charge on any atom is 0.269 e. The number of benzene rings is 3. The molecule has 0 aliphatic carbocycles. The Bertz CT molecular complexity index is 1610. The van der Waals surface area contributed by atoms with E-state index in [9.17, 15) is 4.79 Å². The molecule has 7 nitrogen and oxygen atoms in total. The Morgan fingerprint density at radius 3 is 2.28 bits per heavy atom. The fourth-order valence-electron chi connectivity index (χ4n) is 4.44. The van der Waals surface area contributed by atoms with E-state index in [2.05, 4.69) is 10.00 Å². The van der Waals surface area contributed by atoms with Crippen LogP contribution in [0.25, 0.3) is 33.8 Å². The van der Waals surface area contributed by atoms with Gasteiger partial charge in [-0.1, -0.05) is 41.4 Å². The predicted molar refractivity (Wildman–Crippen MR) is 143 cm³/mol. The lowest BCUT2D eigenvalue weighted by atomic mass is 10.1. The highest BCUT2D eigenvalue weighted by molar-refractivity contribution is 6.33. The summed E-state index contributed by atoms with van der Waals surface area (Å²) in [5.74, 6) is 0.422. The SMILES string of the molecule is O=c1c2cnn(-c3ccccc3)c2nc(-c2ccc(N3CCOCC3)cc2Cl)n1-c1ccc(Cl)cc1. The van der Waals surface area contributed by atoms with Crippen LogP contribution in [0.4, 0.5) is 5.69 Å². The zero-order valence-electron chi connectivity index (χ0n) is 19.1. The molecule has 0 saturated carbocycles. The summed E-state index contributed by atoms with van der Waals surface area (Å²) in [7, 11) is 0. The number of morpholine rings is 1. The summed E-state index contributed by atoms with van der Waals surface area (Å²) in [6.07, 6.45) is 1.55. The Hall–Kier alpha value is -3.65. The summed E-state index contributed by atoms with van der Waals surface area (Å²) in [6, 6.07) is 22.5. The molecule has 0 amide bonds. The maximum absolute atomic E-state index is 13.8. The molecule has 2 aromatic heterocycles. The Morgan fingerprint density at radius 2 is 1.56 bits per heavy atom. The fraction of sp³-hybridized carbons (Fsp3) is 0.148. The van der Waals surface area contributed by atoms with Crippen molar-refractivity contribution in [1.29, 1.82) is 0 Å². The number of aromatic nitrogens is 4. The van der Waals surface area contributed by atoms with E-state index in [1.807, 2.05) is 48.5 Å². The number of hydrogen-bond donors (Lipinski definition) is 0. The van der Waals surface area contributed by atoms with Gasteiger partial charge in [0.2, 0.25) is 0 Å². The summed E-state index contributed by atoms with van der Waals surface area (Å²) < 4.78 is 8.70. The summed E-state index contributed by atoms with van der Waals surface area (Å²) in [6.45, 7) is 2.95. The molecule has 0 atom stereocenters. The van der Waals surface area contributed by atoms with Gasteiger partial charge in [0.25, 0.3) is 5.56 Å². The van der Waals surface area contributed by atoms with Crippen LogP contribution in [-0.2, 0) is 4.74 Å². The second-order valence-corrected chi connectivity index (χ2v) is 9.29. The molecule has 5 aromatic rings. The summed E-state index contributed by atoms with van der Waals surface area (Å²) in [5.41, 5.74) is 3.30. The first-order valence-corrected chi connectivity index (χ1v) is 12.3. The lowest BCUT2D eigenvalue weighted by Crippen LogP contribution is -2.36. The van der Waals surface area contributed by atoms with Crippen molar-refractivity contribution in [3.8, 4) is 22.8 Å². The number of hydrogen-bond acceptors (Lipinski definition) is 5. The van der Waals surface area contributed by atoms with E-state index in [-0.39, 0.29) is 5.56 Å². The van der Waals surface area contributed by atoms with Crippen molar-refractivity contribution in [2.45, 2.75) is 0 Å². The monoisotopic (exact) mass is 517 g/mol. The second-order valence-electron chi connectivity index (χ2n) is 8.45. The molecule has 0 bridgehead atoms. The van der Waals surface area contributed by atoms with Gasteiger partial charge in [-0.15, -0.1) is 0 Å². The van der Waals surface area contributed by atoms with Crippen molar-refractivity contribution >= 4 is 39.9 Å². The van der Waals surface area contributed by atoms with Crippen LogP contribution in [0.5, 0.6) is 0 Å². The molecule has 3 aromatic carbocycles. The van der Waals surface area contributed by atoms with Crippen molar-refractivity contribution in [2.24, 2.45) is 0 Å². The van der Waals surface area contributed by atoms with E-state index < -0.39 is 0 Å². The lowest BCUT2D eigenvalue weighted by Gasteiger charge is -2.29. The molecule has 9 heteroatoms. The van der Waals surface area contributed by atoms with Gasteiger partial charge in [0.1, 0.15) is 5.39 Å². The Balaban J connectivity index is 1.58. The minimum Gasteiger partial charge on any atom is -0.378 e. The minimum atomic E-state index is -0.243. The molecule has 0 radical (unpaired) electrons. The van der Waals surface area contributed by atoms with Crippen molar-refractivity contribution in [2.75, 3.05) is 31.2 Å². The predicted octanol–water partition coefficient (Wildman–Crippen LogP) is 5.38. The number of halogens is 2. The van der Waals surface area contributed by atoms with Gasteiger partial charge in [-0.25, -0.2) is 9.67 Å². The molecule has 1 saturated heterocycles. The molecule has 1 aliphatic heterocycles. The van der Waals surface area contributed by atoms with Crippen molar-refractivity contribution in [1.82, 2.24) is 19.3 Å². The number of nitrogens with zero attached hydrogens (tertiary/aromatic N) is 5. The Kier molecular flexibility index (Phi) is 5.97. The average molecular weight is 518 g/mol. The van der Waals surface area contributed by atoms with Crippen LogP contribution in [-0.4, -0.2) is 45.6 Å². The average Bonchev–Trinajstić information content (AvgIpc) is 3.35.